The molecule has 2 heterocycles. The first-order valence-corrected chi connectivity index (χ1v) is 11.8. The Morgan fingerprint density at radius 3 is 2.32 bits per heavy atom. The highest BCUT2D eigenvalue weighted by Crippen LogP contribution is 2.32. The van der Waals surface area contributed by atoms with Gasteiger partial charge in [0.05, 0.1) is 22.7 Å². The molecule has 174 valence electrons. The molecular weight excluding hydrogens is 424 g/mol. The average Bonchev–Trinajstić information content (AvgIpc) is 3.27. The number of aromatic nitrogens is 2. The van der Waals surface area contributed by atoms with Crippen LogP contribution in [0.3, 0.4) is 0 Å². The standard InChI is InChI=1S/C29H30N2O3/c1-21(2)34-26-12-10-25(11-13-26)31-20-30-27-19-23(7-14-28(27)31)4-3-22-5-8-24(9-6-22)29(32)15-17-33-18-16-29/h3-14,19-21,32H,15-18H2,1-2H3. The van der Waals surface area contributed by atoms with Crippen LogP contribution in [0.25, 0.3) is 28.9 Å². The zero-order valence-corrected chi connectivity index (χ0v) is 19.6. The van der Waals surface area contributed by atoms with Crippen LogP contribution in [0.2, 0.25) is 0 Å². The molecule has 0 spiro atoms. The molecule has 5 nitrogen and oxygen atoms in total. The molecule has 1 aliphatic rings. The number of imidazole rings is 1. The van der Waals surface area contributed by atoms with Gasteiger partial charge in [-0.05, 0) is 66.9 Å². The van der Waals surface area contributed by atoms with Crippen LogP contribution in [0.4, 0.5) is 0 Å². The summed E-state index contributed by atoms with van der Waals surface area (Å²) in [6.45, 7) is 5.26. The highest BCUT2D eigenvalue weighted by Gasteiger charge is 2.31. The number of ether oxygens (including phenoxy) is 2. The Morgan fingerprint density at radius 1 is 0.941 bits per heavy atom. The van der Waals surface area contributed by atoms with Crippen molar-refractivity contribution in [2.45, 2.75) is 38.4 Å². The van der Waals surface area contributed by atoms with Gasteiger partial charge in [-0.15, -0.1) is 0 Å². The first-order chi connectivity index (χ1) is 16.5. The summed E-state index contributed by atoms with van der Waals surface area (Å²) >= 11 is 0. The van der Waals surface area contributed by atoms with Gasteiger partial charge < -0.3 is 14.6 Å². The van der Waals surface area contributed by atoms with Crippen molar-refractivity contribution in [3.8, 4) is 11.4 Å². The minimum Gasteiger partial charge on any atom is -0.491 e. The molecular formula is C29H30N2O3. The van der Waals surface area contributed by atoms with E-state index in [9.17, 15) is 5.11 Å². The number of nitrogens with zero attached hydrogens (tertiary/aromatic N) is 2. The first kappa shape index (κ1) is 22.4. The summed E-state index contributed by atoms with van der Waals surface area (Å²) in [7, 11) is 0. The van der Waals surface area contributed by atoms with Crippen molar-refractivity contribution >= 4 is 23.2 Å². The summed E-state index contributed by atoms with van der Waals surface area (Å²) in [5.41, 5.74) is 5.42. The largest absolute Gasteiger partial charge is 0.491 e. The molecule has 3 aromatic carbocycles. The molecule has 34 heavy (non-hydrogen) atoms. The molecule has 5 rings (SSSR count). The number of aliphatic hydroxyl groups is 1. The second kappa shape index (κ2) is 9.45. The smallest absolute Gasteiger partial charge is 0.119 e. The predicted molar refractivity (Wildman–Crippen MR) is 136 cm³/mol. The van der Waals surface area contributed by atoms with E-state index < -0.39 is 5.60 Å². The number of rotatable bonds is 6. The third-order valence-electron chi connectivity index (χ3n) is 6.29. The van der Waals surface area contributed by atoms with Crippen LogP contribution in [0.1, 0.15) is 43.4 Å². The molecule has 0 saturated carbocycles. The molecule has 5 heteroatoms. The summed E-state index contributed by atoms with van der Waals surface area (Å²) in [4.78, 5) is 4.61. The van der Waals surface area contributed by atoms with E-state index >= 15 is 0 Å². The second-order valence-corrected chi connectivity index (χ2v) is 9.12. The lowest BCUT2D eigenvalue weighted by Gasteiger charge is -2.32. The van der Waals surface area contributed by atoms with Crippen LogP contribution in [0, 0.1) is 0 Å². The molecule has 4 aromatic rings. The quantitative estimate of drug-likeness (QED) is 0.364. The third kappa shape index (κ3) is 4.76. The van der Waals surface area contributed by atoms with Gasteiger partial charge in [0.2, 0.25) is 0 Å². The van der Waals surface area contributed by atoms with E-state index in [0.717, 1.165) is 39.2 Å². The van der Waals surface area contributed by atoms with E-state index in [-0.39, 0.29) is 6.10 Å². The fraction of sp³-hybridized carbons (Fsp3) is 0.276. The second-order valence-electron chi connectivity index (χ2n) is 9.12. The van der Waals surface area contributed by atoms with Gasteiger partial charge in [-0.1, -0.05) is 42.5 Å². The van der Waals surface area contributed by atoms with Gasteiger partial charge in [-0.25, -0.2) is 4.98 Å². The SMILES string of the molecule is CC(C)Oc1ccc(-n2cnc3cc(C=Cc4ccc(C5(O)CCOCC5)cc4)ccc32)cc1. The van der Waals surface area contributed by atoms with Crippen molar-refractivity contribution in [1.82, 2.24) is 9.55 Å². The molecule has 0 radical (unpaired) electrons. The van der Waals surface area contributed by atoms with Crippen molar-refractivity contribution in [2.75, 3.05) is 13.2 Å². The molecule has 0 atom stereocenters. The van der Waals surface area contributed by atoms with Gasteiger partial charge in [-0.3, -0.25) is 4.57 Å². The van der Waals surface area contributed by atoms with E-state index in [1.807, 2.05) is 56.6 Å². The first-order valence-electron chi connectivity index (χ1n) is 11.8. The zero-order valence-electron chi connectivity index (χ0n) is 19.6. The summed E-state index contributed by atoms with van der Waals surface area (Å²) in [5.74, 6) is 0.866. The zero-order chi connectivity index (χ0) is 23.5. The highest BCUT2D eigenvalue weighted by molar-refractivity contribution is 5.82. The van der Waals surface area contributed by atoms with E-state index in [0.29, 0.717) is 26.1 Å². The van der Waals surface area contributed by atoms with E-state index in [4.69, 9.17) is 9.47 Å². The normalized spacial score (nSPS) is 15.9. The Balaban J connectivity index is 1.31. The average molecular weight is 455 g/mol. The molecule has 0 aliphatic carbocycles. The van der Waals surface area contributed by atoms with Crippen LogP contribution in [-0.4, -0.2) is 34.0 Å². The van der Waals surface area contributed by atoms with Crippen LogP contribution in [0.15, 0.2) is 73.1 Å². The monoisotopic (exact) mass is 454 g/mol. The summed E-state index contributed by atoms with van der Waals surface area (Å²) < 4.78 is 13.2. The van der Waals surface area contributed by atoms with Crippen molar-refractivity contribution in [2.24, 2.45) is 0 Å². The minimum absolute atomic E-state index is 0.155. The predicted octanol–water partition coefficient (Wildman–Crippen LogP) is 5.98. The molecule has 1 aliphatic heterocycles. The summed E-state index contributed by atoms with van der Waals surface area (Å²) in [6, 6.07) is 22.5. The fourth-order valence-corrected chi connectivity index (χ4v) is 4.39. The van der Waals surface area contributed by atoms with E-state index in [2.05, 4.69) is 52.0 Å². The van der Waals surface area contributed by atoms with Crippen LogP contribution in [-0.2, 0) is 10.3 Å². The van der Waals surface area contributed by atoms with Crippen molar-refractivity contribution in [3.05, 3.63) is 89.7 Å². The maximum Gasteiger partial charge on any atom is 0.119 e. The molecule has 0 unspecified atom stereocenters. The topological polar surface area (TPSA) is 56.5 Å². The third-order valence-corrected chi connectivity index (χ3v) is 6.29. The Morgan fingerprint density at radius 2 is 1.62 bits per heavy atom. The van der Waals surface area contributed by atoms with Crippen molar-refractivity contribution in [1.29, 1.82) is 0 Å². The number of benzene rings is 3. The lowest BCUT2D eigenvalue weighted by atomic mass is 9.86. The van der Waals surface area contributed by atoms with Gasteiger partial charge in [-0.2, -0.15) is 0 Å². The number of fused-ring (bicyclic) bond motifs is 1. The molecule has 1 saturated heterocycles. The van der Waals surface area contributed by atoms with Gasteiger partial charge in [0.15, 0.2) is 0 Å². The number of hydrogen-bond acceptors (Lipinski definition) is 4. The maximum absolute atomic E-state index is 10.9. The van der Waals surface area contributed by atoms with E-state index in [1.54, 1.807) is 0 Å². The van der Waals surface area contributed by atoms with Gasteiger partial charge in [0.25, 0.3) is 0 Å². The van der Waals surface area contributed by atoms with Gasteiger partial charge in [0, 0.05) is 31.7 Å². The molecule has 1 N–H and O–H groups in total. The maximum atomic E-state index is 10.9. The Hall–Kier alpha value is -3.41. The van der Waals surface area contributed by atoms with Gasteiger partial charge in [0.1, 0.15) is 12.1 Å². The lowest BCUT2D eigenvalue weighted by molar-refractivity contribution is -0.0679. The van der Waals surface area contributed by atoms with Crippen molar-refractivity contribution < 1.29 is 14.6 Å². The molecule has 1 fully saturated rings. The Labute approximate surface area is 200 Å². The van der Waals surface area contributed by atoms with Crippen molar-refractivity contribution in [3.63, 3.8) is 0 Å². The van der Waals surface area contributed by atoms with Gasteiger partial charge >= 0.3 is 0 Å². The number of hydrogen-bond donors (Lipinski definition) is 1. The van der Waals surface area contributed by atoms with Crippen LogP contribution >= 0.6 is 0 Å². The Kier molecular flexibility index (Phi) is 6.22. The summed E-state index contributed by atoms with van der Waals surface area (Å²) in [5, 5.41) is 10.9. The molecule has 1 aromatic heterocycles. The van der Waals surface area contributed by atoms with Crippen LogP contribution in [0.5, 0.6) is 5.75 Å². The highest BCUT2D eigenvalue weighted by atomic mass is 16.5. The molecule has 0 bridgehead atoms. The van der Waals surface area contributed by atoms with Crippen LogP contribution < -0.4 is 4.74 Å². The Bertz CT molecular complexity index is 1280. The minimum atomic E-state index is -0.772. The van der Waals surface area contributed by atoms with E-state index in [1.165, 1.54) is 0 Å². The fourth-order valence-electron chi connectivity index (χ4n) is 4.39. The summed E-state index contributed by atoms with van der Waals surface area (Å²) in [6.07, 6.45) is 7.48. The lowest BCUT2D eigenvalue weighted by Crippen LogP contribution is -2.33. The molecule has 0 amide bonds.